The Kier molecular flexibility index (Phi) is 3.69. The van der Waals surface area contributed by atoms with Gasteiger partial charge in [-0.3, -0.25) is 4.57 Å². The third-order valence-electron chi connectivity index (χ3n) is 3.68. The molecule has 1 atom stereocenters. The monoisotopic (exact) mass is 302 g/mol. The van der Waals surface area contributed by atoms with Gasteiger partial charge in [-0.05, 0) is 48.1 Å². The van der Waals surface area contributed by atoms with E-state index in [0.717, 1.165) is 22.4 Å². The minimum absolute atomic E-state index is 0.186. The number of hydrogen-bond donors (Lipinski definition) is 1. The highest BCUT2D eigenvalue weighted by atomic mass is 32.1. The maximum Gasteiger partial charge on any atom is 0.419 e. The Labute approximate surface area is 126 Å². The number of hydrogen-bond acceptors (Lipinski definition) is 4. The van der Waals surface area contributed by atoms with Crippen LogP contribution in [0.3, 0.4) is 0 Å². The summed E-state index contributed by atoms with van der Waals surface area (Å²) in [5.41, 5.74) is 9.94. The zero-order valence-corrected chi connectivity index (χ0v) is 12.9. The Morgan fingerprint density at radius 1 is 1.38 bits per heavy atom. The third kappa shape index (κ3) is 2.43. The van der Waals surface area contributed by atoms with Crippen LogP contribution in [0.1, 0.15) is 35.4 Å². The number of thiophene rings is 1. The largest absolute Gasteiger partial charge is 0.419 e. The summed E-state index contributed by atoms with van der Waals surface area (Å²) in [6.07, 6.45) is 0.893. The van der Waals surface area contributed by atoms with Crippen LogP contribution in [-0.4, -0.2) is 4.57 Å². The van der Waals surface area contributed by atoms with Crippen LogP contribution in [0, 0.1) is 6.92 Å². The number of nitrogens with two attached hydrogens (primary N) is 1. The molecule has 2 N–H and O–H groups in total. The molecule has 0 fully saturated rings. The van der Waals surface area contributed by atoms with Crippen LogP contribution in [0.25, 0.3) is 11.1 Å². The average molecular weight is 302 g/mol. The van der Waals surface area contributed by atoms with Gasteiger partial charge >= 0.3 is 5.76 Å². The summed E-state index contributed by atoms with van der Waals surface area (Å²) in [6.45, 7) is 4.76. The van der Waals surface area contributed by atoms with Crippen LogP contribution < -0.4 is 11.5 Å². The molecule has 3 aromatic rings. The predicted octanol–water partition coefficient (Wildman–Crippen LogP) is 3.42. The van der Waals surface area contributed by atoms with E-state index in [4.69, 9.17) is 10.2 Å². The molecule has 0 aliphatic rings. The summed E-state index contributed by atoms with van der Waals surface area (Å²) in [5, 5.41) is 2.04. The van der Waals surface area contributed by atoms with Gasteiger partial charge in [0.25, 0.3) is 0 Å². The summed E-state index contributed by atoms with van der Waals surface area (Å²) < 4.78 is 7.01. The summed E-state index contributed by atoms with van der Waals surface area (Å²) >= 11 is 1.65. The van der Waals surface area contributed by atoms with Gasteiger partial charge in [0, 0.05) is 11.4 Å². The summed E-state index contributed by atoms with van der Waals surface area (Å²) in [6, 6.07) is 7.67. The molecule has 21 heavy (non-hydrogen) atoms. The van der Waals surface area contributed by atoms with Crippen LogP contribution in [0.15, 0.2) is 38.9 Å². The summed E-state index contributed by atoms with van der Waals surface area (Å²) in [5.74, 6) is -0.301. The van der Waals surface area contributed by atoms with Gasteiger partial charge in [-0.2, -0.15) is 0 Å². The van der Waals surface area contributed by atoms with Crippen molar-refractivity contribution < 1.29 is 4.42 Å². The van der Waals surface area contributed by atoms with E-state index >= 15 is 0 Å². The molecule has 110 valence electrons. The van der Waals surface area contributed by atoms with Crippen LogP contribution in [-0.2, 0) is 6.54 Å². The van der Waals surface area contributed by atoms with Crippen LogP contribution in [0.2, 0.25) is 0 Å². The molecule has 4 nitrogen and oxygen atoms in total. The van der Waals surface area contributed by atoms with E-state index in [9.17, 15) is 4.79 Å². The molecule has 1 unspecified atom stereocenters. The van der Waals surface area contributed by atoms with Gasteiger partial charge in [-0.15, -0.1) is 11.3 Å². The highest BCUT2D eigenvalue weighted by Gasteiger charge is 2.16. The van der Waals surface area contributed by atoms with E-state index in [1.54, 1.807) is 15.9 Å². The summed E-state index contributed by atoms with van der Waals surface area (Å²) in [4.78, 5) is 13.0. The first-order valence-corrected chi connectivity index (χ1v) is 7.92. The normalized spacial score (nSPS) is 12.9. The first-order chi connectivity index (χ1) is 10.1. The molecule has 0 aliphatic heterocycles. The van der Waals surface area contributed by atoms with Crippen molar-refractivity contribution in [3.05, 3.63) is 56.2 Å². The lowest BCUT2D eigenvalue weighted by Crippen LogP contribution is -2.13. The molecule has 0 saturated heterocycles. The number of rotatable bonds is 4. The molecule has 2 aromatic heterocycles. The van der Waals surface area contributed by atoms with E-state index in [-0.39, 0.29) is 11.8 Å². The van der Waals surface area contributed by atoms with Crippen LogP contribution >= 0.6 is 11.3 Å². The summed E-state index contributed by atoms with van der Waals surface area (Å²) in [7, 11) is 0. The molecule has 0 bridgehead atoms. The fourth-order valence-electron chi connectivity index (χ4n) is 2.57. The van der Waals surface area contributed by atoms with Crippen molar-refractivity contribution in [1.82, 2.24) is 4.57 Å². The topological polar surface area (TPSA) is 61.2 Å². The molecule has 0 amide bonds. The Balaban J connectivity index is 2.06. The Morgan fingerprint density at radius 2 is 2.19 bits per heavy atom. The molecule has 0 saturated carbocycles. The van der Waals surface area contributed by atoms with Crippen LogP contribution in [0.4, 0.5) is 0 Å². The number of benzene rings is 1. The SMILES string of the molecule is CCCn1c(=O)oc2cc(C(N)c3sccc3C)ccc21. The first-order valence-electron chi connectivity index (χ1n) is 7.04. The molecular formula is C16H18N2O2S. The van der Waals surface area contributed by atoms with Gasteiger partial charge in [0.2, 0.25) is 0 Å². The fraction of sp³-hybridized carbons (Fsp3) is 0.312. The van der Waals surface area contributed by atoms with Crippen molar-refractivity contribution in [2.24, 2.45) is 5.73 Å². The molecule has 0 aliphatic carbocycles. The maximum absolute atomic E-state index is 11.9. The van der Waals surface area contributed by atoms with E-state index in [1.165, 1.54) is 5.56 Å². The Bertz CT molecular complexity index is 828. The molecule has 0 radical (unpaired) electrons. The lowest BCUT2D eigenvalue weighted by Gasteiger charge is -2.11. The molecular weight excluding hydrogens is 284 g/mol. The second kappa shape index (κ2) is 5.50. The standard InChI is InChI=1S/C16H18N2O2S/c1-3-7-18-12-5-4-11(9-13(12)20-16(18)19)14(17)15-10(2)6-8-21-15/h4-6,8-9,14H,3,7,17H2,1-2H3. The van der Waals surface area contributed by atoms with Crippen molar-refractivity contribution in [2.75, 3.05) is 0 Å². The van der Waals surface area contributed by atoms with E-state index in [1.807, 2.05) is 30.5 Å². The van der Waals surface area contributed by atoms with Gasteiger partial charge in [0.05, 0.1) is 11.6 Å². The first kappa shape index (κ1) is 14.1. The van der Waals surface area contributed by atoms with E-state index in [2.05, 4.69) is 13.0 Å². The van der Waals surface area contributed by atoms with Gasteiger partial charge in [0.15, 0.2) is 5.58 Å². The Morgan fingerprint density at radius 3 is 2.86 bits per heavy atom. The molecule has 0 spiro atoms. The van der Waals surface area contributed by atoms with Crippen molar-refractivity contribution >= 4 is 22.4 Å². The highest BCUT2D eigenvalue weighted by Crippen LogP contribution is 2.29. The smallest absolute Gasteiger partial charge is 0.408 e. The zero-order valence-electron chi connectivity index (χ0n) is 12.1. The molecule has 5 heteroatoms. The minimum atomic E-state index is -0.301. The number of aromatic nitrogens is 1. The minimum Gasteiger partial charge on any atom is -0.408 e. The van der Waals surface area contributed by atoms with Crippen molar-refractivity contribution in [3.8, 4) is 0 Å². The molecule has 1 aromatic carbocycles. The fourth-order valence-corrected chi connectivity index (χ4v) is 3.52. The van der Waals surface area contributed by atoms with Crippen molar-refractivity contribution in [2.45, 2.75) is 32.9 Å². The van der Waals surface area contributed by atoms with E-state index < -0.39 is 0 Å². The van der Waals surface area contributed by atoms with Crippen molar-refractivity contribution in [1.29, 1.82) is 0 Å². The predicted molar refractivity (Wildman–Crippen MR) is 85.9 cm³/mol. The second-order valence-electron chi connectivity index (χ2n) is 5.19. The number of nitrogens with zero attached hydrogens (tertiary/aromatic N) is 1. The van der Waals surface area contributed by atoms with Gasteiger partial charge < -0.3 is 10.2 Å². The van der Waals surface area contributed by atoms with Gasteiger partial charge in [0.1, 0.15) is 0 Å². The van der Waals surface area contributed by atoms with Gasteiger partial charge in [-0.25, -0.2) is 4.79 Å². The lowest BCUT2D eigenvalue weighted by atomic mass is 10.0. The highest BCUT2D eigenvalue weighted by molar-refractivity contribution is 7.10. The number of oxazole rings is 1. The number of fused-ring (bicyclic) bond motifs is 1. The van der Waals surface area contributed by atoms with Gasteiger partial charge in [-0.1, -0.05) is 13.0 Å². The van der Waals surface area contributed by atoms with Crippen LogP contribution in [0.5, 0.6) is 0 Å². The second-order valence-corrected chi connectivity index (χ2v) is 6.14. The maximum atomic E-state index is 11.9. The van der Waals surface area contributed by atoms with Crippen molar-refractivity contribution in [3.63, 3.8) is 0 Å². The molecule has 3 rings (SSSR count). The lowest BCUT2D eigenvalue weighted by molar-refractivity contribution is 0.502. The van der Waals surface area contributed by atoms with E-state index in [0.29, 0.717) is 12.1 Å². The average Bonchev–Trinajstić information content (AvgIpc) is 3.02. The third-order valence-corrected chi connectivity index (χ3v) is 4.78. The zero-order chi connectivity index (χ0) is 15.0. The Hall–Kier alpha value is -1.85. The number of aryl methyl sites for hydroxylation is 2. The quantitative estimate of drug-likeness (QED) is 0.803. The molecule has 2 heterocycles.